The molecule has 0 aromatic carbocycles. The molecule has 0 N–H and O–H groups in total. The number of thiazole rings is 1. The third-order valence-electron chi connectivity index (χ3n) is 3.35. The zero-order chi connectivity index (χ0) is 14.8. The highest BCUT2D eigenvalue weighted by Gasteiger charge is 2.20. The fourth-order valence-corrected chi connectivity index (χ4v) is 2.93. The molecule has 0 radical (unpaired) electrons. The van der Waals surface area contributed by atoms with E-state index in [2.05, 4.69) is 16.9 Å². The quantitative estimate of drug-likeness (QED) is 0.726. The minimum Gasteiger partial charge on any atom is -0.337 e. The van der Waals surface area contributed by atoms with Gasteiger partial charge in [0.2, 0.25) is 0 Å². The molecular weight excluding hydrogens is 286 g/mol. The minimum atomic E-state index is -0.0456. The molecule has 0 atom stereocenters. The van der Waals surface area contributed by atoms with E-state index in [1.165, 1.54) is 11.3 Å². The van der Waals surface area contributed by atoms with Crippen molar-refractivity contribution in [2.45, 2.75) is 19.9 Å². The van der Waals surface area contributed by atoms with Crippen molar-refractivity contribution in [3.05, 3.63) is 41.7 Å². The van der Waals surface area contributed by atoms with Crippen LogP contribution in [0.1, 0.15) is 29.7 Å². The van der Waals surface area contributed by atoms with Gasteiger partial charge in [0.15, 0.2) is 4.96 Å². The third kappa shape index (κ3) is 2.69. The van der Waals surface area contributed by atoms with Gasteiger partial charge < -0.3 is 9.47 Å². The molecular formula is C14H17N5OS. The number of carbonyl (C=O) groups excluding carboxylic acids is 1. The molecule has 0 bridgehead atoms. The molecule has 3 rings (SSSR count). The number of carbonyl (C=O) groups is 1. The molecule has 21 heavy (non-hydrogen) atoms. The van der Waals surface area contributed by atoms with Gasteiger partial charge in [-0.3, -0.25) is 9.20 Å². The predicted molar refractivity (Wildman–Crippen MR) is 81.3 cm³/mol. The van der Waals surface area contributed by atoms with Crippen LogP contribution in [0.4, 0.5) is 0 Å². The number of hydrogen-bond donors (Lipinski definition) is 0. The van der Waals surface area contributed by atoms with E-state index < -0.39 is 0 Å². The van der Waals surface area contributed by atoms with Gasteiger partial charge in [-0.2, -0.15) is 0 Å². The fourth-order valence-electron chi connectivity index (χ4n) is 2.23. The monoisotopic (exact) mass is 303 g/mol. The Labute approximate surface area is 126 Å². The van der Waals surface area contributed by atoms with Crippen LogP contribution in [-0.2, 0) is 13.6 Å². The molecule has 0 unspecified atom stereocenters. The van der Waals surface area contributed by atoms with Gasteiger partial charge in [0, 0.05) is 43.8 Å². The summed E-state index contributed by atoms with van der Waals surface area (Å²) in [7, 11) is 1.93. The van der Waals surface area contributed by atoms with Gasteiger partial charge in [-0.15, -0.1) is 11.3 Å². The second-order valence-corrected chi connectivity index (χ2v) is 5.77. The molecule has 0 spiro atoms. The Morgan fingerprint density at radius 1 is 1.43 bits per heavy atom. The van der Waals surface area contributed by atoms with Crippen LogP contribution in [-0.4, -0.2) is 36.3 Å². The van der Waals surface area contributed by atoms with Crippen molar-refractivity contribution in [1.29, 1.82) is 0 Å². The van der Waals surface area contributed by atoms with Crippen molar-refractivity contribution >= 4 is 22.2 Å². The second kappa shape index (κ2) is 5.69. The van der Waals surface area contributed by atoms with E-state index in [4.69, 9.17) is 0 Å². The zero-order valence-corrected chi connectivity index (χ0v) is 12.9. The summed E-state index contributed by atoms with van der Waals surface area (Å²) in [5, 5.41) is 1.95. The van der Waals surface area contributed by atoms with Crippen molar-refractivity contribution in [2.24, 2.45) is 7.05 Å². The maximum atomic E-state index is 12.7. The first-order valence-corrected chi connectivity index (χ1v) is 7.74. The number of imidazole rings is 2. The van der Waals surface area contributed by atoms with Gasteiger partial charge in [-0.25, -0.2) is 9.97 Å². The van der Waals surface area contributed by atoms with Crippen LogP contribution < -0.4 is 0 Å². The number of rotatable bonds is 5. The second-order valence-electron chi connectivity index (χ2n) is 4.90. The molecule has 3 aromatic rings. The molecule has 0 aliphatic carbocycles. The molecule has 0 aliphatic rings. The van der Waals surface area contributed by atoms with Gasteiger partial charge in [0.1, 0.15) is 11.5 Å². The Hall–Kier alpha value is -2.15. The van der Waals surface area contributed by atoms with Crippen LogP contribution >= 0.6 is 11.3 Å². The van der Waals surface area contributed by atoms with E-state index in [-0.39, 0.29) is 5.91 Å². The van der Waals surface area contributed by atoms with E-state index >= 15 is 0 Å². The summed E-state index contributed by atoms with van der Waals surface area (Å²) >= 11 is 1.52. The molecule has 110 valence electrons. The number of aryl methyl sites for hydroxylation is 1. The molecule has 6 nitrogen and oxygen atoms in total. The number of fused-ring (bicyclic) bond motifs is 1. The molecule has 0 saturated carbocycles. The van der Waals surface area contributed by atoms with Gasteiger partial charge >= 0.3 is 0 Å². The average Bonchev–Trinajstić information content (AvgIpc) is 3.14. The first-order valence-electron chi connectivity index (χ1n) is 6.86. The van der Waals surface area contributed by atoms with Gasteiger partial charge in [0.05, 0.1) is 6.54 Å². The lowest BCUT2D eigenvalue weighted by molar-refractivity contribution is 0.0732. The van der Waals surface area contributed by atoms with Crippen molar-refractivity contribution in [2.75, 3.05) is 6.54 Å². The predicted octanol–water partition coefficient (Wildman–Crippen LogP) is 2.18. The average molecular weight is 303 g/mol. The van der Waals surface area contributed by atoms with Gasteiger partial charge in [-0.05, 0) is 6.42 Å². The first kappa shape index (κ1) is 13.8. The summed E-state index contributed by atoms with van der Waals surface area (Å²) in [6.07, 6.45) is 8.23. The highest BCUT2D eigenvalue weighted by atomic mass is 32.1. The van der Waals surface area contributed by atoms with Gasteiger partial charge in [0.25, 0.3) is 5.91 Å². The SMILES string of the molecule is CCCN(Cc1nccn1C)C(=O)c1cn2ccsc2n1. The lowest BCUT2D eigenvalue weighted by Crippen LogP contribution is -2.32. The highest BCUT2D eigenvalue weighted by Crippen LogP contribution is 2.14. The van der Waals surface area contributed by atoms with Crippen molar-refractivity contribution in [1.82, 2.24) is 23.8 Å². The fraction of sp³-hybridized carbons (Fsp3) is 0.357. The first-order chi connectivity index (χ1) is 10.2. The summed E-state index contributed by atoms with van der Waals surface area (Å²) in [4.78, 5) is 24.0. The van der Waals surface area contributed by atoms with Crippen LogP contribution in [0.5, 0.6) is 0 Å². The zero-order valence-electron chi connectivity index (χ0n) is 12.1. The highest BCUT2D eigenvalue weighted by molar-refractivity contribution is 7.15. The summed E-state index contributed by atoms with van der Waals surface area (Å²) < 4.78 is 3.81. The van der Waals surface area contributed by atoms with Crippen molar-refractivity contribution in [3.8, 4) is 0 Å². The summed E-state index contributed by atoms with van der Waals surface area (Å²) in [5.41, 5.74) is 0.490. The molecule has 3 aromatic heterocycles. The maximum absolute atomic E-state index is 12.7. The van der Waals surface area contributed by atoms with E-state index in [9.17, 15) is 4.79 Å². The standard InChI is InChI=1S/C14H17N5OS/c1-3-5-18(10-12-15-4-6-17(12)2)13(20)11-9-19-7-8-21-14(19)16-11/h4,6-9H,3,5,10H2,1-2H3. The van der Waals surface area contributed by atoms with Crippen LogP contribution in [0.25, 0.3) is 4.96 Å². The topological polar surface area (TPSA) is 55.4 Å². The summed E-state index contributed by atoms with van der Waals surface area (Å²) in [6, 6.07) is 0. The Bertz CT molecular complexity index is 728. The molecule has 1 amide bonds. The van der Waals surface area contributed by atoms with E-state index in [1.807, 2.05) is 33.8 Å². The van der Waals surface area contributed by atoms with E-state index in [0.717, 1.165) is 17.2 Å². The van der Waals surface area contributed by atoms with Crippen LogP contribution in [0.15, 0.2) is 30.2 Å². The van der Waals surface area contributed by atoms with Gasteiger partial charge in [-0.1, -0.05) is 6.92 Å². The minimum absolute atomic E-state index is 0.0456. The number of hydrogen-bond acceptors (Lipinski definition) is 4. The van der Waals surface area contributed by atoms with Crippen molar-refractivity contribution < 1.29 is 4.79 Å². The molecule has 0 aliphatic heterocycles. The lowest BCUT2D eigenvalue weighted by atomic mass is 10.3. The Morgan fingerprint density at radius 2 is 2.29 bits per heavy atom. The lowest BCUT2D eigenvalue weighted by Gasteiger charge is -2.20. The van der Waals surface area contributed by atoms with Crippen LogP contribution in [0.2, 0.25) is 0 Å². The van der Waals surface area contributed by atoms with Crippen LogP contribution in [0.3, 0.4) is 0 Å². The van der Waals surface area contributed by atoms with E-state index in [1.54, 1.807) is 17.3 Å². The van der Waals surface area contributed by atoms with Crippen LogP contribution in [0, 0.1) is 0 Å². The largest absolute Gasteiger partial charge is 0.337 e. The molecule has 0 fully saturated rings. The van der Waals surface area contributed by atoms with Crippen molar-refractivity contribution in [3.63, 3.8) is 0 Å². The summed E-state index contributed by atoms with van der Waals surface area (Å²) in [5.74, 6) is 0.827. The number of nitrogens with zero attached hydrogens (tertiary/aromatic N) is 5. The number of aromatic nitrogens is 4. The summed E-state index contributed by atoms with van der Waals surface area (Å²) in [6.45, 7) is 3.25. The number of amides is 1. The normalized spacial score (nSPS) is 11.1. The molecule has 0 saturated heterocycles. The molecule has 7 heteroatoms. The Balaban J connectivity index is 1.84. The Morgan fingerprint density at radius 3 is 2.95 bits per heavy atom. The third-order valence-corrected chi connectivity index (χ3v) is 4.12. The Kier molecular flexibility index (Phi) is 3.74. The molecule has 3 heterocycles. The smallest absolute Gasteiger partial charge is 0.274 e. The maximum Gasteiger partial charge on any atom is 0.274 e. The van der Waals surface area contributed by atoms with E-state index in [0.29, 0.717) is 18.8 Å².